The van der Waals surface area contributed by atoms with Gasteiger partial charge in [-0.15, -0.1) is 0 Å². The Morgan fingerprint density at radius 1 is 1.50 bits per heavy atom. The molecule has 7 heteroatoms. The first-order valence-electron chi connectivity index (χ1n) is 4.94. The van der Waals surface area contributed by atoms with Crippen LogP contribution in [0.4, 0.5) is 5.69 Å². The van der Waals surface area contributed by atoms with E-state index in [9.17, 15) is 14.9 Å². The molecule has 0 N–H and O–H groups in total. The molecule has 1 heterocycles. The van der Waals surface area contributed by atoms with Crippen LogP contribution in [0.25, 0.3) is 0 Å². The third-order valence-electron chi connectivity index (χ3n) is 2.16. The molecule has 0 saturated carbocycles. The normalized spacial score (nSPS) is 10.3. The van der Waals surface area contributed by atoms with E-state index in [-0.39, 0.29) is 17.0 Å². The third kappa shape index (κ3) is 2.57. The number of carbonyl (C=O) groups excluding carboxylic acids is 1. The third-order valence-corrected chi connectivity index (χ3v) is 3.03. The second kappa shape index (κ2) is 5.01. The number of ketones is 1. The monoisotopic (exact) mass is 264 g/mol. The molecule has 2 rings (SSSR count). The van der Waals surface area contributed by atoms with Crippen LogP contribution in [0.15, 0.2) is 45.2 Å². The molecular formula is C11H8N2O4S. The van der Waals surface area contributed by atoms with Crippen molar-refractivity contribution in [2.45, 2.75) is 17.0 Å². The van der Waals surface area contributed by atoms with Gasteiger partial charge in [-0.3, -0.25) is 14.9 Å². The number of nitrogens with zero attached hydrogens (tertiary/aromatic N) is 2. The fourth-order valence-electron chi connectivity index (χ4n) is 1.39. The molecule has 92 valence electrons. The van der Waals surface area contributed by atoms with E-state index in [2.05, 4.69) is 4.98 Å². The van der Waals surface area contributed by atoms with E-state index in [1.54, 1.807) is 6.07 Å². The number of benzene rings is 1. The highest BCUT2D eigenvalue weighted by Crippen LogP contribution is 2.31. The zero-order valence-electron chi connectivity index (χ0n) is 9.32. The lowest BCUT2D eigenvalue weighted by atomic mass is 10.1. The van der Waals surface area contributed by atoms with Crippen LogP contribution in [-0.2, 0) is 0 Å². The predicted octanol–water partition coefficient (Wildman–Crippen LogP) is 2.94. The number of aromatic nitrogens is 1. The predicted molar refractivity (Wildman–Crippen MR) is 63.7 cm³/mol. The Kier molecular flexibility index (Phi) is 3.42. The fraction of sp³-hybridized carbons (Fsp3) is 0.0909. The maximum Gasteiger partial charge on any atom is 0.281 e. The van der Waals surface area contributed by atoms with Crippen LogP contribution >= 0.6 is 11.8 Å². The van der Waals surface area contributed by atoms with Gasteiger partial charge in [0, 0.05) is 11.0 Å². The van der Waals surface area contributed by atoms with E-state index in [4.69, 9.17) is 4.42 Å². The van der Waals surface area contributed by atoms with E-state index >= 15 is 0 Å². The van der Waals surface area contributed by atoms with Gasteiger partial charge in [-0.25, -0.2) is 4.98 Å². The number of rotatable bonds is 4. The summed E-state index contributed by atoms with van der Waals surface area (Å²) in [4.78, 5) is 26.1. The molecule has 0 unspecified atom stereocenters. The summed E-state index contributed by atoms with van der Waals surface area (Å²) >= 11 is 1.15. The molecule has 0 spiro atoms. The molecule has 1 aromatic heterocycles. The van der Waals surface area contributed by atoms with E-state index in [1.165, 1.54) is 31.5 Å². The number of hydrogen-bond acceptors (Lipinski definition) is 6. The van der Waals surface area contributed by atoms with Crippen molar-refractivity contribution in [1.82, 2.24) is 4.98 Å². The minimum Gasteiger partial charge on any atom is -0.440 e. The van der Waals surface area contributed by atoms with Crippen molar-refractivity contribution >= 4 is 23.2 Å². The standard InChI is InChI=1S/C11H8N2O4S/c1-7(14)9-3-2-8(6-10(9)13(15)16)18-11-12-4-5-17-11/h2-6H,1H3. The summed E-state index contributed by atoms with van der Waals surface area (Å²) in [5, 5.41) is 11.3. The largest absolute Gasteiger partial charge is 0.440 e. The van der Waals surface area contributed by atoms with Crippen molar-refractivity contribution in [1.29, 1.82) is 0 Å². The number of Topliss-reactive ketones (excluding diaryl/α,β-unsaturated/α-hetero) is 1. The van der Waals surface area contributed by atoms with Gasteiger partial charge in [0.05, 0.1) is 16.7 Å². The topological polar surface area (TPSA) is 86.2 Å². The molecule has 0 atom stereocenters. The van der Waals surface area contributed by atoms with E-state index in [1.807, 2.05) is 0 Å². The first kappa shape index (κ1) is 12.3. The summed E-state index contributed by atoms with van der Waals surface area (Å²) in [6, 6.07) is 4.40. The summed E-state index contributed by atoms with van der Waals surface area (Å²) in [6.07, 6.45) is 2.90. The first-order chi connectivity index (χ1) is 8.58. The average molecular weight is 264 g/mol. The molecule has 0 aliphatic heterocycles. The van der Waals surface area contributed by atoms with Gasteiger partial charge in [0.15, 0.2) is 5.78 Å². The molecule has 0 radical (unpaired) electrons. The maximum absolute atomic E-state index is 11.3. The summed E-state index contributed by atoms with van der Waals surface area (Å²) < 4.78 is 5.03. The maximum atomic E-state index is 11.3. The summed E-state index contributed by atoms with van der Waals surface area (Å²) in [7, 11) is 0. The van der Waals surface area contributed by atoms with Crippen LogP contribution in [-0.4, -0.2) is 15.7 Å². The summed E-state index contributed by atoms with van der Waals surface area (Å²) in [6.45, 7) is 1.29. The lowest BCUT2D eigenvalue weighted by Gasteiger charge is -2.01. The first-order valence-corrected chi connectivity index (χ1v) is 5.76. The smallest absolute Gasteiger partial charge is 0.281 e. The molecule has 18 heavy (non-hydrogen) atoms. The van der Waals surface area contributed by atoms with Crippen LogP contribution in [0.1, 0.15) is 17.3 Å². The quantitative estimate of drug-likeness (QED) is 0.479. The molecule has 0 amide bonds. The highest BCUT2D eigenvalue weighted by atomic mass is 32.2. The van der Waals surface area contributed by atoms with Gasteiger partial charge in [0.25, 0.3) is 10.9 Å². The van der Waals surface area contributed by atoms with Gasteiger partial charge < -0.3 is 4.42 Å². The Balaban J connectivity index is 2.37. The zero-order valence-corrected chi connectivity index (χ0v) is 10.1. The van der Waals surface area contributed by atoms with Gasteiger partial charge in [-0.05, 0) is 30.8 Å². The van der Waals surface area contributed by atoms with E-state index < -0.39 is 4.92 Å². The molecule has 0 aliphatic rings. The molecule has 2 aromatic rings. The van der Waals surface area contributed by atoms with E-state index in [0.29, 0.717) is 10.1 Å². The number of oxazole rings is 1. The van der Waals surface area contributed by atoms with Crippen molar-refractivity contribution in [3.8, 4) is 0 Å². The number of carbonyl (C=O) groups is 1. The molecule has 0 saturated heterocycles. The highest BCUT2D eigenvalue weighted by Gasteiger charge is 2.18. The van der Waals surface area contributed by atoms with Crippen LogP contribution in [0.3, 0.4) is 0 Å². The van der Waals surface area contributed by atoms with Gasteiger partial charge in [-0.2, -0.15) is 0 Å². The Morgan fingerprint density at radius 2 is 2.28 bits per heavy atom. The van der Waals surface area contributed by atoms with Crippen molar-refractivity contribution in [2.24, 2.45) is 0 Å². The Hall–Kier alpha value is -2.15. The average Bonchev–Trinajstić information content (AvgIpc) is 2.81. The Labute approximate surface area is 106 Å². The second-order valence-corrected chi connectivity index (χ2v) is 4.42. The Morgan fingerprint density at radius 3 is 2.83 bits per heavy atom. The van der Waals surface area contributed by atoms with Crippen LogP contribution in [0, 0.1) is 10.1 Å². The van der Waals surface area contributed by atoms with Gasteiger partial charge in [0.2, 0.25) is 0 Å². The lowest BCUT2D eigenvalue weighted by molar-refractivity contribution is -0.385. The minimum absolute atomic E-state index is 0.0942. The van der Waals surface area contributed by atoms with Crippen LogP contribution in [0.5, 0.6) is 0 Å². The molecule has 0 aliphatic carbocycles. The molecule has 0 bridgehead atoms. The number of hydrogen-bond donors (Lipinski definition) is 0. The van der Waals surface area contributed by atoms with Crippen LogP contribution < -0.4 is 0 Å². The van der Waals surface area contributed by atoms with E-state index in [0.717, 1.165) is 11.8 Å². The van der Waals surface area contributed by atoms with Crippen molar-refractivity contribution in [3.05, 3.63) is 46.3 Å². The summed E-state index contributed by atoms with van der Waals surface area (Å²) in [5.41, 5.74) is -0.115. The minimum atomic E-state index is -0.573. The zero-order chi connectivity index (χ0) is 13.1. The fourth-order valence-corrected chi connectivity index (χ4v) is 2.11. The highest BCUT2D eigenvalue weighted by molar-refractivity contribution is 7.99. The molecule has 6 nitrogen and oxygen atoms in total. The van der Waals surface area contributed by atoms with Gasteiger partial charge >= 0.3 is 0 Å². The Bertz CT molecular complexity index is 595. The van der Waals surface area contributed by atoms with Crippen LogP contribution in [0.2, 0.25) is 0 Å². The van der Waals surface area contributed by atoms with Crippen molar-refractivity contribution in [3.63, 3.8) is 0 Å². The number of nitro benzene ring substituents is 1. The van der Waals surface area contributed by atoms with Crippen molar-refractivity contribution < 1.29 is 14.1 Å². The second-order valence-electron chi connectivity index (χ2n) is 3.39. The van der Waals surface area contributed by atoms with Gasteiger partial charge in [-0.1, -0.05) is 0 Å². The lowest BCUT2D eigenvalue weighted by Crippen LogP contribution is -2.00. The number of nitro groups is 1. The summed E-state index contributed by atoms with van der Waals surface area (Å²) in [5.74, 6) is -0.339. The molecular weight excluding hydrogens is 256 g/mol. The molecule has 0 fully saturated rings. The van der Waals surface area contributed by atoms with Gasteiger partial charge in [0.1, 0.15) is 6.26 Å². The SMILES string of the molecule is CC(=O)c1ccc(Sc2ncco2)cc1[N+](=O)[O-]. The molecule has 1 aromatic carbocycles. The van der Waals surface area contributed by atoms with Crippen molar-refractivity contribution in [2.75, 3.05) is 0 Å².